The molecule has 24 heavy (non-hydrogen) atoms. The lowest BCUT2D eigenvalue weighted by molar-refractivity contribution is -0.144. The summed E-state index contributed by atoms with van der Waals surface area (Å²) in [5.74, 6) is -0.843. The molecule has 3 aromatic rings. The predicted molar refractivity (Wildman–Crippen MR) is 86.9 cm³/mol. The minimum atomic E-state index is -0.464. The number of aryl methyl sites for hydroxylation is 1. The van der Waals surface area contributed by atoms with E-state index in [0.29, 0.717) is 16.6 Å². The summed E-state index contributed by atoms with van der Waals surface area (Å²) in [7, 11) is 0. The number of halogens is 1. The molecule has 0 spiro atoms. The standard InChI is InChI=1S/C18H15FN2O3/c19-13-5-3-4-12(10-13)11-24-17(22)9-8-16-18(23)21-15-7-2-1-6-14(15)20-16/h1-7,10H,8-9,11H2,(H,21,23). The Bertz CT molecular complexity index is 937. The number of fused-ring (bicyclic) bond motifs is 1. The molecule has 0 atom stereocenters. The fourth-order valence-electron chi connectivity index (χ4n) is 2.32. The van der Waals surface area contributed by atoms with Gasteiger partial charge in [-0.25, -0.2) is 9.37 Å². The maximum Gasteiger partial charge on any atom is 0.306 e. The van der Waals surface area contributed by atoms with Crippen LogP contribution >= 0.6 is 0 Å². The van der Waals surface area contributed by atoms with Crippen molar-refractivity contribution in [3.05, 3.63) is 76.0 Å². The molecule has 122 valence electrons. The molecule has 0 aliphatic heterocycles. The van der Waals surface area contributed by atoms with Crippen molar-refractivity contribution in [3.63, 3.8) is 0 Å². The molecule has 0 saturated carbocycles. The van der Waals surface area contributed by atoms with E-state index >= 15 is 0 Å². The molecule has 1 heterocycles. The number of aromatic nitrogens is 2. The van der Waals surface area contributed by atoms with E-state index in [2.05, 4.69) is 9.97 Å². The molecule has 0 saturated heterocycles. The molecular formula is C18H15FN2O3. The molecule has 0 bridgehead atoms. The topological polar surface area (TPSA) is 72.0 Å². The van der Waals surface area contributed by atoms with Gasteiger partial charge in [-0.1, -0.05) is 24.3 Å². The van der Waals surface area contributed by atoms with E-state index in [9.17, 15) is 14.0 Å². The number of carbonyl (C=O) groups excluding carboxylic acids is 1. The van der Waals surface area contributed by atoms with Crippen LogP contribution in [-0.2, 0) is 22.6 Å². The van der Waals surface area contributed by atoms with E-state index in [1.807, 2.05) is 12.1 Å². The second-order valence-electron chi connectivity index (χ2n) is 5.32. The Morgan fingerprint density at radius 3 is 2.83 bits per heavy atom. The summed E-state index contributed by atoms with van der Waals surface area (Å²) in [6.07, 6.45) is 0.214. The van der Waals surface area contributed by atoms with Gasteiger partial charge in [0.15, 0.2) is 0 Å². The van der Waals surface area contributed by atoms with Crippen LogP contribution in [0, 0.1) is 5.82 Å². The number of benzene rings is 2. The van der Waals surface area contributed by atoms with E-state index in [1.54, 1.807) is 24.3 Å². The van der Waals surface area contributed by atoms with Crippen molar-refractivity contribution < 1.29 is 13.9 Å². The first-order valence-electron chi connectivity index (χ1n) is 7.50. The predicted octanol–water partition coefficient (Wildman–Crippen LogP) is 2.74. The number of rotatable bonds is 5. The number of esters is 1. The van der Waals surface area contributed by atoms with Crippen LogP contribution in [0.15, 0.2) is 53.3 Å². The first-order chi connectivity index (χ1) is 11.6. The molecule has 2 aromatic carbocycles. The number of para-hydroxylation sites is 2. The lowest BCUT2D eigenvalue weighted by atomic mass is 10.2. The van der Waals surface area contributed by atoms with Gasteiger partial charge in [0.25, 0.3) is 5.56 Å². The van der Waals surface area contributed by atoms with Crippen LogP contribution in [0.25, 0.3) is 11.0 Å². The number of H-pyrrole nitrogens is 1. The molecule has 0 aliphatic rings. The maximum absolute atomic E-state index is 13.0. The van der Waals surface area contributed by atoms with E-state index in [-0.39, 0.29) is 36.5 Å². The van der Waals surface area contributed by atoms with Crippen LogP contribution in [-0.4, -0.2) is 15.9 Å². The summed E-state index contributed by atoms with van der Waals surface area (Å²) < 4.78 is 18.1. The second kappa shape index (κ2) is 7.04. The first-order valence-corrected chi connectivity index (χ1v) is 7.50. The smallest absolute Gasteiger partial charge is 0.306 e. The largest absolute Gasteiger partial charge is 0.461 e. The maximum atomic E-state index is 13.0. The lowest BCUT2D eigenvalue weighted by Gasteiger charge is -2.05. The Morgan fingerprint density at radius 2 is 2.00 bits per heavy atom. The van der Waals surface area contributed by atoms with Gasteiger partial charge >= 0.3 is 5.97 Å². The number of hydrogen-bond acceptors (Lipinski definition) is 4. The van der Waals surface area contributed by atoms with Crippen LogP contribution in [0.1, 0.15) is 17.7 Å². The monoisotopic (exact) mass is 326 g/mol. The third-order valence-corrected chi connectivity index (χ3v) is 3.52. The van der Waals surface area contributed by atoms with Gasteiger partial charge in [0.05, 0.1) is 17.5 Å². The van der Waals surface area contributed by atoms with Crippen molar-refractivity contribution in [2.45, 2.75) is 19.4 Å². The van der Waals surface area contributed by atoms with E-state index in [4.69, 9.17) is 4.74 Å². The van der Waals surface area contributed by atoms with Gasteiger partial charge < -0.3 is 9.72 Å². The quantitative estimate of drug-likeness (QED) is 0.732. The molecule has 0 unspecified atom stereocenters. The summed E-state index contributed by atoms with van der Waals surface area (Å²) in [6, 6.07) is 13.0. The second-order valence-corrected chi connectivity index (χ2v) is 5.32. The Balaban J connectivity index is 1.60. The highest BCUT2D eigenvalue weighted by Gasteiger charge is 2.09. The van der Waals surface area contributed by atoms with E-state index < -0.39 is 5.97 Å². The minimum Gasteiger partial charge on any atom is -0.461 e. The van der Waals surface area contributed by atoms with Crippen LogP contribution in [0.2, 0.25) is 0 Å². The number of hydrogen-bond donors (Lipinski definition) is 1. The van der Waals surface area contributed by atoms with Gasteiger partial charge in [0.2, 0.25) is 0 Å². The van der Waals surface area contributed by atoms with Crippen LogP contribution in [0.3, 0.4) is 0 Å². The van der Waals surface area contributed by atoms with Crippen molar-refractivity contribution in [3.8, 4) is 0 Å². The molecule has 1 N–H and O–H groups in total. The van der Waals surface area contributed by atoms with Crippen molar-refractivity contribution in [2.75, 3.05) is 0 Å². The van der Waals surface area contributed by atoms with Gasteiger partial charge in [-0.2, -0.15) is 0 Å². The van der Waals surface area contributed by atoms with Crippen LogP contribution in [0.5, 0.6) is 0 Å². The lowest BCUT2D eigenvalue weighted by Crippen LogP contribution is -2.17. The third-order valence-electron chi connectivity index (χ3n) is 3.52. The van der Waals surface area contributed by atoms with Crippen molar-refractivity contribution in [2.24, 2.45) is 0 Å². The van der Waals surface area contributed by atoms with Crippen molar-refractivity contribution >= 4 is 17.0 Å². The fraction of sp³-hybridized carbons (Fsp3) is 0.167. The zero-order valence-corrected chi connectivity index (χ0v) is 12.8. The van der Waals surface area contributed by atoms with Crippen molar-refractivity contribution in [1.29, 1.82) is 0 Å². The first kappa shape index (κ1) is 15.9. The summed E-state index contributed by atoms with van der Waals surface area (Å²) in [5, 5.41) is 0. The van der Waals surface area contributed by atoms with E-state index in [0.717, 1.165) is 0 Å². The zero-order valence-electron chi connectivity index (χ0n) is 12.8. The number of ether oxygens (including phenoxy) is 1. The number of nitrogens with one attached hydrogen (secondary N) is 1. The molecular weight excluding hydrogens is 311 g/mol. The highest BCUT2D eigenvalue weighted by atomic mass is 19.1. The van der Waals surface area contributed by atoms with Gasteiger partial charge in [0.1, 0.15) is 18.1 Å². The average molecular weight is 326 g/mol. The zero-order chi connectivity index (χ0) is 16.9. The Kier molecular flexibility index (Phi) is 4.65. The molecule has 0 fully saturated rings. The summed E-state index contributed by atoms with van der Waals surface area (Å²) in [6.45, 7) is -0.00189. The third kappa shape index (κ3) is 3.84. The highest BCUT2D eigenvalue weighted by molar-refractivity contribution is 5.74. The molecule has 1 aromatic heterocycles. The van der Waals surface area contributed by atoms with Crippen LogP contribution in [0.4, 0.5) is 4.39 Å². The van der Waals surface area contributed by atoms with Crippen LogP contribution < -0.4 is 5.56 Å². The number of carbonyl (C=O) groups is 1. The van der Waals surface area contributed by atoms with E-state index in [1.165, 1.54) is 12.1 Å². The Morgan fingerprint density at radius 1 is 1.17 bits per heavy atom. The van der Waals surface area contributed by atoms with Gasteiger partial charge in [-0.3, -0.25) is 9.59 Å². The SMILES string of the molecule is O=C(CCc1nc2ccccc2[nH]c1=O)OCc1cccc(F)c1. The average Bonchev–Trinajstić information content (AvgIpc) is 2.58. The molecule has 0 aliphatic carbocycles. The Hall–Kier alpha value is -3.02. The summed E-state index contributed by atoms with van der Waals surface area (Å²) >= 11 is 0. The molecule has 6 heteroatoms. The molecule has 3 rings (SSSR count). The van der Waals surface area contributed by atoms with Gasteiger partial charge in [-0.15, -0.1) is 0 Å². The fourth-order valence-corrected chi connectivity index (χ4v) is 2.32. The normalized spacial score (nSPS) is 10.7. The van der Waals surface area contributed by atoms with Gasteiger partial charge in [-0.05, 0) is 29.8 Å². The molecule has 0 amide bonds. The minimum absolute atomic E-state index is 0.00189. The summed E-state index contributed by atoms with van der Waals surface area (Å²) in [5.41, 5.74) is 1.87. The molecule has 5 nitrogen and oxygen atoms in total. The number of nitrogens with zero attached hydrogens (tertiary/aromatic N) is 1. The van der Waals surface area contributed by atoms with Gasteiger partial charge in [0, 0.05) is 6.42 Å². The molecule has 0 radical (unpaired) electrons. The Labute approximate surface area is 137 Å². The highest BCUT2D eigenvalue weighted by Crippen LogP contribution is 2.08. The summed E-state index contributed by atoms with van der Waals surface area (Å²) in [4.78, 5) is 30.8. The van der Waals surface area contributed by atoms with Crippen molar-refractivity contribution in [1.82, 2.24) is 9.97 Å². The number of aromatic amines is 1.